The molecule has 5 nitrogen and oxygen atoms in total. The predicted molar refractivity (Wildman–Crippen MR) is 81.0 cm³/mol. The zero-order chi connectivity index (χ0) is 15.1. The van der Waals surface area contributed by atoms with Gasteiger partial charge in [-0.05, 0) is 18.2 Å². The molecule has 0 amide bonds. The summed E-state index contributed by atoms with van der Waals surface area (Å²) in [6.45, 7) is 3.36. The molecular weight excluding hydrogens is 268 g/mol. The van der Waals surface area contributed by atoms with Crippen LogP contribution < -0.4 is 10.5 Å². The molecule has 114 valence electrons. The molecular formula is C16H22N2O3. The molecule has 1 saturated heterocycles. The molecule has 1 atom stereocenters. The normalized spacial score (nSPS) is 18.9. The van der Waals surface area contributed by atoms with Crippen molar-refractivity contribution in [3.63, 3.8) is 0 Å². The van der Waals surface area contributed by atoms with Gasteiger partial charge in [-0.1, -0.05) is 11.8 Å². The van der Waals surface area contributed by atoms with Crippen molar-refractivity contribution in [3.05, 3.63) is 29.3 Å². The molecule has 3 N–H and O–H groups in total. The second-order valence-corrected chi connectivity index (χ2v) is 4.94. The van der Waals surface area contributed by atoms with Crippen LogP contribution in [0.1, 0.15) is 11.1 Å². The summed E-state index contributed by atoms with van der Waals surface area (Å²) in [5, 5.41) is 9.21. The number of methoxy groups -OCH3 is 1. The van der Waals surface area contributed by atoms with Gasteiger partial charge in [-0.25, -0.2) is 0 Å². The number of aliphatic hydroxyl groups is 1. The Morgan fingerprint density at radius 2 is 2.38 bits per heavy atom. The van der Waals surface area contributed by atoms with Crippen LogP contribution in [-0.4, -0.2) is 56.1 Å². The van der Waals surface area contributed by atoms with Gasteiger partial charge in [-0.15, -0.1) is 0 Å². The first-order valence-electron chi connectivity index (χ1n) is 7.07. The number of benzene rings is 1. The van der Waals surface area contributed by atoms with Crippen LogP contribution in [0.5, 0.6) is 5.75 Å². The average molecular weight is 290 g/mol. The van der Waals surface area contributed by atoms with E-state index < -0.39 is 0 Å². The summed E-state index contributed by atoms with van der Waals surface area (Å²) in [6.07, 6.45) is -0.107. The van der Waals surface area contributed by atoms with Crippen LogP contribution in [0.3, 0.4) is 0 Å². The summed E-state index contributed by atoms with van der Waals surface area (Å²) in [4.78, 5) is 2.25. The Bertz CT molecular complexity index is 522. The van der Waals surface area contributed by atoms with E-state index in [4.69, 9.17) is 15.2 Å². The molecule has 1 heterocycles. The number of nitrogens with zero attached hydrogens (tertiary/aromatic N) is 1. The zero-order valence-corrected chi connectivity index (χ0v) is 12.3. The van der Waals surface area contributed by atoms with Crippen molar-refractivity contribution >= 4 is 0 Å². The van der Waals surface area contributed by atoms with Crippen LogP contribution in [0.4, 0.5) is 0 Å². The lowest BCUT2D eigenvalue weighted by Crippen LogP contribution is -2.43. The lowest BCUT2D eigenvalue weighted by atomic mass is 10.1. The number of nitrogens with two attached hydrogens (primary N) is 1. The highest BCUT2D eigenvalue weighted by Gasteiger charge is 2.20. The van der Waals surface area contributed by atoms with E-state index in [0.717, 1.165) is 36.5 Å². The van der Waals surface area contributed by atoms with Gasteiger partial charge in [0.05, 0.1) is 33.0 Å². The first-order chi connectivity index (χ1) is 10.3. The smallest absolute Gasteiger partial charge is 0.123 e. The van der Waals surface area contributed by atoms with Crippen molar-refractivity contribution in [1.82, 2.24) is 4.90 Å². The zero-order valence-electron chi connectivity index (χ0n) is 12.3. The van der Waals surface area contributed by atoms with Gasteiger partial charge in [0.1, 0.15) is 5.75 Å². The SMILES string of the molecule is COc1ccc(C#CCN)cc1CN1CCOC(CO)C1. The summed E-state index contributed by atoms with van der Waals surface area (Å²) < 4.78 is 10.9. The molecule has 0 bridgehead atoms. The Kier molecular flexibility index (Phi) is 6.03. The number of morpholine rings is 1. The molecule has 1 aliphatic heterocycles. The monoisotopic (exact) mass is 290 g/mol. The van der Waals surface area contributed by atoms with Crippen molar-refractivity contribution in [2.75, 3.05) is 40.0 Å². The summed E-state index contributed by atoms with van der Waals surface area (Å²) in [7, 11) is 1.67. The van der Waals surface area contributed by atoms with Crippen molar-refractivity contribution in [2.45, 2.75) is 12.6 Å². The topological polar surface area (TPSA) is 68.0 Å². The van der Waals surface area contributed by atoms with E-state index in [1.807, 2.05) is 18.2 Å². The first kappa shape index (κ1) is 15.8. The fraction of sp³-hybridized carbons (Fsp3) is 0.500. The summed E-state index contributed by atoms with van der Waals surface area (Å²) in [6, 6.07) is 5.89. The number of hydrogen-bond acceptors (Lipinski definition) is 5. The molecule has 0 radical (unpaired) electrons. The summed E-state index contributed by atoms with van der Waals surface area (Å²) in [5.41, 5.74) is 7.42. The fourth-order valence-corrected chi connectivity index (χ4v) is 2.41. The van der Waals surface area contributed by atoms with E-state index in [2.05, 4.69) is 16.7 Å². The Morgan fingerprint density at radius 1 is 1.52 bits per heavy atom. The van der Waals surface area contributed by atoms with Gasteiger partial charge in [0.2, 0.25) is 0 Å². The lowest BCUT2D eigenvalue weighted by Gasteiger charge is -2.32. The van der Waals surface area contributed by atoms with Crippen LogP contribution >= 0.6 is 0 Å². The highest BCUT2D eigenvalue weighted by Crippen LogP contribution is 2.22. The molecule has 21 heavy (non-hydrogen) atoms. The Hall–Kier alpha value is -1.58. The molecule has 1 aliphatic rings. The van der Waals surface area contributed by atoms with Crippen LogP contribution in [-0.2, 0) is 11.3 Å². The third-order valence-electron chi connectivity index (χ3n) is 3.44. The average Bonchev–Trinajstić information content (AvgIpc) is 2.53. The van der Waals surface area contributed by atoms with E-state index in [1.54, 1.807) is 7.11 Å². The molecule has 0 saturated carbocycles. The Labute approximate surface area is 125 Å². The molecule has 0 spiro atoms. The highest BCUT2D eigenvalue weighted by atomic mass is 16.5. The van der Waals surface area contributed by atoms with Gasteiger partial charge in [0, 0.05) is 30.8 Å². The largest absolute Gasteiger partial charge is 0.496 e. The number of aliphatic hydroxyl groups excluding tert-OH is 1. The molecule has 1 unspecified atom stereocenters. The molecule has 0 aromatic heterocycles. The molecule has 1 aromatic carbocycles. The maximum Gasteiger partial charge on any atom is 0.123 e. The van der Waals surface area contributed by atoms with Crippen LogP contribution in [0.15, 0.2) is 18.2 Å². The maximum atomic E-state index is 9.21. The molecule has 1 aromatic rings. The van der Waals surface area contributed by atoms with Gasteiger partial charge >= 0.3 is 0 Å². The summed E-state index contributed by atoms with van der Waals surface area (Å²) in [5.74, 6) is 6.75. The minimum Gasteiger partial charge on any atom is -0.496 e. The number of ether oxygens (including phenoxy) is 2. The van der Waals surface area contributed by atoms with Crippen LogP contribution in [0, 0.1) is 11.8 Å². The second-order valence-electron chi connectivity index (χ2n) is 4.94. The molecule has 1 fully saturated rings. The van der Waals surface area contributed by atoms with Gasteiger partial charge in [-0.2, -0.15) is 0 Å². The van der Waals surface area contributed by atoms with E-state index in [-0.39, 0.29) is 12.7 Å². The quantitative estimate of drug-likeness (QED) is 0.775. The standard InChI is InChI=1S/C16H22N2O3/c1-20-16-5-4-13(3-2-6-17)9-14(16)10-18-7-8-21-15(11-18)12-19/h4-5,9,15,19H,6-8,10-12,17H2,1H3. The van der Waals surface area contributed by atoms with E-state index in [9.17, 15) is 5.11 Å². The van der Waals surface area contributed by atoms with Gasteiger partial charge in [0.15, 0.2) is 0 Å². The van der Waals surface area contributed by atoms with Gasteiger partial charge in [-0.3, -0.25) is 4.90 Å². The van der Waals surface area contributed by atoms with Crippen molar-refractivity contribution in [2.24, 2.45) is 5.73 Å². The first-order valence-corrected chi connectivity index (χ1v) is 7.07. The van der Waals surface area contributed by atoms with E-state index in [0.29, 0.717) is 13.2 Å². The third kappa shape index (κ3) is 4.45. The number of hydrogen-bond donors (Lipinski definition) is 2. The number of rotatable bonds is 4. The third-order valence-corrected chi connectivity index (χ3v) is 3.44. The van der Waals surface area contributed by atoms with Crippen LogP contribution in [0.2, 0.25) is 0 Å². The van der Waals surface area contributed by atoms with Crippen molar-refractivity contribution in [3.8, 4) is 17.6 Å². The van der Waals surface area contributed by atoms with Crippen molar-refractivity contribution < 1.29 is 14.6 Å². The summed E-state index contributed by atoms with van der Waals surface area (Å²) >= 11 is 0. The van der Waals surface area contributed by atoms with Crippen LogP contribution in [0.25, 0.3) is 0 Å². The Morgan fingerprint density at radius 3 is 3.10 bits per heavy atom. The van der Waals surface area contributed by atoms with E-state index in [1.165, 1.54) is 0 Å². The van der Waals surface area contributed by atoms with Gasteiger partial charge < -0.3 is 20.3 Å². The highest BCUT2D eigenvalue weighted by molar-refractivity contribution is 5.44. The molecule has 2 rings (SSSR count). The van der Waals surface area contributed by atoms with E-state index >= 15 is 0 Å². The minimum absolute atomic E-state index is 0.0512. The molecule has 5 heteroatoms. The Balaban J connectivity index is 2.13. The lowest BCUT2D eigenvalue weighted by molar-refractivity contribution is -0.0552. The fourth-order valence-electron chi connectivity index (χ4n) is 2.41. The minimum atomic E-state index is -0.107. The van der Waals surface area contributed by atoms with Crippen molar-refractivity contribution in [1.29, 1.82) is 0 Å². The predicted octanol–water partition coefficient (Wildman–Crippen LogP) is 0.199. The maximum absolute atomic E-state index is 9.21. The van der Waals surface area contributed by atoms with Gasteiger partial charge in [0.25, 0.3) is 0 Å². The molecule has 0 aliphatic carbocycles. The second kappa shape index (κ2) is 8.01.